The summed E-state index contributed by atoms with van der Waals surface area (Å²) in [7, 11) is 0. The Labute approximate surface area is 105 Å². The Hall–Kier alpha value is -0.420. The third-order valence-corrected chi connectivity index (χ3v) is 3.14. The quantitative estimate of drug-likeness (QED) is 0.648. The molecule has 1 aliphatic rings. The monoisotopic (exact) mass is 260 g/mol. The lowest BCUT2D eigenvalue weighted by molar-refractivity contribution is 0.199. The summed E-state index contributed by atoms with van der Waals surface area (Å²) < 4.78 is 0. The zero-order valence-corrected chi connectivity index (χ0v) is 10.6. The topological polar surface area (TPSA) is 41.1 Å². The van der Waals surface area contributed by atoms with E-state index in [0.29, 0.717) is 11.2 Å². The molecule has 2 heterocycles. The molecule has 6 heteroatoms. The van der Waals surface area contributed by atoms with Crippen LogP contribution in [0.25, 0.3) is 0 Å². The normalized spacial score (nSPS) is 22.3. The molecule has 1 N–H and O–H groups in total. The molecule has 1 atom stereocenters. The molecule has 0 amide bonds. The van der Waals surface area contributed by atoms with E-state index in [-0.39, 0.29) is 5.28 Å². The van der Waals surface area contributed by atoms with Crippen molar-refractivity contribution in [2.45, 2.75) is 19.5 Å². The third kappa shape index (κ3) is 3.04. The first-order chi connectivity index (χ1) is 7.65. The lowest BCUT2D eigenvalue weighted by Gasteiger charge is -2.31. The van der Waals surface area contributed by atoms with Crippen molar-refractivity contribution >= 4 is 23.2 Å². The molecule has 0 aliphatic carbocycles. The highest BCUT2D eigenvalue weighted by molar-refractivity contribution is 6.32. The molecule has 16 heavy (non-hydrogen) atoms. The minimum atomic E-state index is 0.197. The van der Waals surface area contributed by atoms with Crippen LogP contribution >= 0.6 is 23.2 Å². The molecule has 0 radical (unpaired) electrons. The van der Waals surface area contributed by atoms with Crippen LogP contribution in [0, 0.1) is 0 Å². The van der Waals surface area contributed by atoms with Crippen LogP contribution in [-0.2, 0) is 6.54 Å². The van der Waals surface area contributed by atoms with Gasteiger partial charge in [0.15, 0.2) is 0 Å². The van der Waals surface area contributed by atoms with E-state index in [2.05, 4.69) is 27.1 Å². The number of piperazine rings is 1. The fourth-order valence-electron chi connectivity index (χ4n) is 1.87. The summed E-state index contributed by atoms with van der Waals surface area (Å²) in [5.41, 5.74) is 0.931. The van der Waals surface area contributed by atoms with Crippen molar-refractivity contribution < 1.29 is 0 Å². The summed E-state index contributed by atoms with van der Waals surface area (Å²) in [5, 5.41) is 4.04. The average Bonchev–Trinajstić information content (AvgIpc) is 2.22. The van der Waals surface area contributed by atoms with Gasteiger partial charge in [-0.25, -0.2) is 9.97 Å². The highest BCUT2D eigenvalue weighted by Crippen LogP contribution is 2.16. The molecule has 1 aliphatic heterocycles. The molecular weight excluding hydrogens is 247 g/mol. The standard InChI is InChI=1S/C10H14Cl2N4/c1-7-5-16(3-2-13-7)6-8-4-14-10(12)15-9(8)11/h4,7,13H,2-3,5-6H2,1H3/t7-/m0/s1. The molecule has 0 aromatic carbocycles. The zero-order valence-electron chi connectivity index (χ0n) is 9.08. The van der Waals surface area contributed by atoms with Gasteiger partial charge in [-0.2, -0.15) is 0 Å². The van der Waals surface area contributed by atoms with Gasteiger partial charge in [0, 0.05) is 44.0 Å². The molecule has 4 nitrogen and oxygen atoms in total. The van der Waals surface area contributed by atoms with Crippen molar-refractivity contribution in [1.82, 2.24) is 20.2 Å². The molecule has 0 spiro atoms. The Kier molecular flexibility index (Phi) is 3.97. The molecule has 2 rings (SSSR count). The number of aromatic nitrogens is 2. The van der Waals surface area contributed by atoms with Gasteiger partial charge in [-0.3, -0.25) is 4.90 Å². The lowest BCUT2D eigenvalue weighted by atomic mass is 10.2. The predicted molar refractivity (Wildman–Crippen MR) is 64.8 cm³/mol. The number of nitrogens with zero attached hydrogens (tertiary/aromatic N) is 3. The summed E-state index contributed by atoms with van der Waals surface area (Å²) in [4.78, 5) is 10.2. The van der Waals surface area contributed by atoms with Crippen molar-refractivity contribution in [2.75, 3.05) is 19.6 Å². The number of halogens is 2. The van der Waals surface area contributed by atoms with Crippen molar-refractivity contribution in [3.8, 4) is 0 Å². The number of hydrogen-bond donors (Lipinski definition) is 1. The Bertz CT molecular complexity index is 372. The summed E-state index contributed by atoms with van der Waals surface area (Å²) in [6.45, 7) is 5.99. The minimum Gasteiger partial charge on any atom is -0.312 e. The maximum absolute atomic E-state index is 6.01. The van der Waals surface area contributed by atoms with E-state index in [4.69, 9.17) is 23.2 Å². The van der Waals surface area contributed by atoms with Crippen LogP contribution < -0.4 is 5.32 Å². The van der Waals surface area contributed by atoms with Gasteiger partial charge < -0.3 is 5.32 Å². The average molecular weight is 261 g/mol. The summed E-state index contributed by atoms with van der Waals surface area (Å²) in [6, 6.07) is 0.515. The second kappa shape index (κ2) is 5.27. The van der Waals surface area contributed by atoms with Crippen LogP contribution in [0.1, 0.15) is 12.5 Å². The second-order valence-corrected chi connectivity index (χ2v) is 4.74. The Balaban J connectivity index is 2.02. The van der Waals surface area contributed by atoms with Crippen LogP contribution in [0.5, 0.6) is 0 Å². The lowest BCUT2D eigenvalue weighted by Crippen LogP contribution is -2.48. The molecule has 1 saturated heterocycles. The van der Waals surface area contributed by atoms with Crippen LogP contribution in [0.3, 0.4) is 0 Å². The summed E-state index contributed by atoms with van der Waals surface area (Å²) in [5.74, 6) is 0. The smallest absolute Gasteiger partial charge is 0.223 e. The van der Waals surface area contributed by atoms with Gasteiger partial charge in [0.1, 0.15) is 5.15 Å². The molecule has 0 saturated carbocycles. The fraction of sp³-hybridized carbons (Fsp3) is 0.600. The van der Waals surface area contributed by atoms with Crippen molar-refractivity contribution in [3.63, 3.8) is 0 Å². The first-order valence-electron chi connectivity index (χ1n) is 5.28. The molecule has 1 fully saturated rings. The Morgan fingerprint density at radius 3 is 3.06 bits per heavy atom. The van der Waals surface area contributed by atoms with Crippen molar-refractivity contribution in [2.24, 2.45) is 0 Å². The van der Waals surface area contributed by atoms with E-state index in [1.807, 2.05) is 0 Å². The third-order valence-electron chi connectivity index (χ3n) is 2.63. The SMILES string of the molecule is C[C@H]1CN(Cc2cnc(Cl)nc2Cl)CCN1. The molecule has 1 aromatic rings. The van der Waals surface area contributed by atoms with Gasteiger partial charge in [-0.15, -0.1) is 0 Å². The van der Waals surface area contributed by atoms with Crippen LogP contribution in [0.4, 0.5) is 0 Å². The Morgan fingerprint density at radius 1 is 1.56 bits per heavy atom. The maximum atomic E-state index is 6.01. The van der Waals surface area contributed by atoms with Gasteiger partial charge in [-0.05, 0) is 18.5 Å². The number of rotatable bonds is 2. The van der Waals surface area contributed by atoms with Gasteiger partial charge >= 0.3 is 0 Å². The second-order valence-electron chi connectivity index (χ2n) is 4.05. The van der Waals surface area contributed by atoms with E-state index in [1.165, 1.54) is 0 Å². The van der Waals surface area contributed by atoms with Crippen molar-refractivity contribution in [3.05, 3.63) is 22.2 Å². The largest absolute Gasteiger partial charge is 0.312 e. The molecular formula is C10H14Cl2N4. The zero-order chi connectivity index (χ0) is 11.5. The van der Waals surface area contributed by atoms with E-state index in [0.717, 1.165) is 31.7 Å². The van der Waals surface area contributed by atoms with Crippen LogP contribution in [0.2, 0.25) is 10.4 Å². The maximum Gasteiger partial charge on any atom is 0.223 e. The minimum absolute atomic E-state index is 0.197. The molecule has 0 bridgehead atoms. The van der Waals surface area contributed by atoms with E-state index >= 15 is 0 Å². The number of hydrogen-bond acceptors (Lipinski definition) is 4. The first-order valence-corrected chi connectivity index (χ1v) is 6.03. The van der Waals surface area contributed by atoms with Gasteiger partial charge in [0.2, 0.25) is 5.28 Å². The summed E-state index contributed by atoms with van der Waals surface area (Å²) in [6.07, 6.45) is 1.70. The van der Waals surface area contributed by atoms with Crippen molar-refractivity contribution in [1.29, 1.82) is 0 Å². The predicted octanol–water partition coefficient (Wildman–Crippen LogP) is 1.58. The van der Waals surface area contributed by atoms with E-state index in [9.17, 15) is 0 Å². The highest BCUT2D eigenvalue weighted by atomic mass is 35.5. The van der Waals surface area contributed by atoms with Gasteiger partial charge in [0.05, 0.1) is 0 Å². The summed E-state index contributed by atoms with van der Waals surface area (Å²) >= 11 is 11.7. The van der Waals surface area contributed by atoms with Crippen LogP contribution in [-0.4, -0.2) is 40.5 Å². The number of nitrogens with one attached hydrogen (secondary N) is 1. The van der Waals surface area contributed by atoms with E-state index < -0.39 is 0 Å². The highest BCUT2D eigenvalue weighted by Gasteiger charge is 2.17. The molecule has 0 unspecified atom stereocenters. The Morgan fingerprint density at radius 2 is 2.38 bits per heavy atom. The molecule has 88 valence electrons. The van der Waals surface area contributed by atoms with Gasteiger partial charge in [-0.1, -0.05) is 11.6 Å². The van der Waals surface area contributed by atoms with Gasteiger partial charge in [0.25, 0.3) is 0 Å². The van der Waals surface area contributed by atoms with Crippen LogP contribution in [0.15, 0.2) is 6.20 Å². The fourth-order valence-corrected chi connectivity index (χ4v) is 2.23. The molecule has 1 aromatic heterocycles. The first kappa shape index (κ1) is 12.0. The van der Waals surface area contributed by atoms with E-state index in [1.54, 1.807) is 6.20 Å².